The minimum Gasteiger partial charge on any atom is -0.487 e. The highest BCUT2D eigenvalue weighted by atomic mass is 16.5. The zero-order chi connectivity index (χ0) is 10.8. The van der Waals surface area contributed by atoms with Crippen molar-refractivity contribution >= 4 is 5.70 Å². The Kier molecular flexibility index (Phi) is 2.79. The molecule has 3 heteroatoms. The van der Waals surface area contributed by atoms with E-state index in [4.69, 9.17) is 10.5 Å². The lowest BCUT2D eigenvalue weighted by molar-refractivity contribution is 0.130. The van der Waals surface area contributed by atoms with Crippen LogP contribution in [0.2, 0.25) is 0 Å². The molecule has 0 aliphatic heterocycles. The minimum absolute atomic E-state index is 0.226. The van der Waals surface area contributed by atoms with Crippen molar-refractivity contribution in [3.05, 3.63) is 30.6 Å². The van der Waals surface area contributed by atoms with Crippen LogP contribution in [0.15, 0.2) is 25.0 Å². The predicted octanol–water partition coefficient (Wildman–Crippen LogP) is 2.19. The van der Waals surface area contributed by atoms with Gasteiger partial charge in [-0.15, -0.1) is 0 Å². The van der Waals surface area contributed by atoms with E-state index < -0.39 is 0 Å². The van der Waals surface area contributed by atoms with Crippen LogP contribution in [0.25, 0.3) is 5.70 Å². The molecule has 0 atom stereocenters. The Hall–Kier alpha value is -1.51. The number of nitrogens with zero attached hydrogens (tertiary/aromatic N) is 1. The maximum absolute atomic E-state index is 5.63. The first-order valence-corrected chi connectivity index (χ1v) is 4.47. The first-order chi connectivity index (χ1) is 6.38. The molecule has 0 saturated carbocycles. The molecule has 0 radical (unpaired) electrons. The largest absolute Gasteiger partial charge is 0.487 e. The van der Waals surface area contributed by atoms with E-state index in [1.807, 2.05) is 26.8 Å². The lowest BCUT2D eigenvalue weighted by Crippen LogP contribution is -2.23. The Balaban J connectivity index is 2.89. The van der Waals surface area contributed by atoms with E-state index in [-0.39, 0.29) is 5.60 Å². The highest BCUT2D eigenvalue weighted by Gasteiger charge is 2.12. The smallest absolute Gasteiger partial charge is 0.139 e. The predicted molar refractivity (Wildman–Crippen MR) is 57.8 cm³/mol. The van der Waals surface area contributed by atoms with E-state index in [1.54, 1.807) is 12.4 Å². The monoisotopic (exact) mass is 192 g/mol. The van der Waals surface area contributed by atoms with Crippen molar-refractivity contribution in [1.29, 1.82) is 0 Å². The molecule has 0 saturated heterocycles. The number of hydrogen-bond acceptors (Lipinski definition) is 3. The third-order valence-electron chi connectivity index (χ3n) is 1.51. The van der Waals surface area contributed by atoms with Gasteiger partial charge in [0.15, 0.2) is 0 Å². The lowest BCUT2D eigenvalue weighted by atomic mass is 10.2. The molecule has 14 heavy (non-hydrogen) atoms. The zero-order valence-electron chi connectivity index (χ0n) is 8.87. The fourth-order valence-corrected chi connectivity index (χ4v) is 1.00. The zero-order valence-corrected chi connectivity index (χ0v) is 8.87. The van der Waals surface area contributed by atoms with Gasteiger partial charge >= 0.3 is 0 Å². The summed E-state index contributed by atoms with van der Waals surface area (Å²) in [5.41, 5.74) is 6.63. The van der Waals surface area contributed by atoms with Crippen molar-refractivity contribution in [3.8, 4) is 5.75 Å². The summed E-state index contributed by atoms with van der Waals surface area (Å²) in [6.07, 6.45) is 3.33. The molecule has 0 bridgehead atoms. The van der Waals surface area contributed by atoms with Crippen LogP contribution in [-0.4, -0.2) is 10.6 Å². The van der Waals surface area contributed by atoms with Crippen molar-refractivity contribution in [1.82, 2.24) is 4.98 Å². The maximum atomic E-state index is 5.63. The van der Waals surface area contributed by atoms with E-state index in [2.05, 4.69) is 11.6 Å². The molecule has 1 aromatic rings. The second kappa shape index (κ2) is 3.70. The molecule has 0 aliphatic rings. The molecule has 0 unspecified atom stereocenters. The van der Waals surface area contributed by atoms with Crippen LogP contribution in [0.4, 0.5) is 0 Å². The van der Waals surface area contributed by atoms with Gasteiger partial charge in [-0.1, -0.05) is 6.58 Å². The van der Waals surface area contributed by atoms with Gasteiger partial charge in [0.1, 0.15) is 11.4 Å². The molecular weight excluding hydrogens is 176 g/mol. The summed E-state index contributed by atoms with van der Waals surface area (Å²) in [6.45, 7) is 9.59. The standard InChI is InChI=1S/C11H16N2O/c1-8(12)9-5-10(7-13-6-9)14-11(2,3)4/h5-7H,1,12H2,2-4H3. The summed E-state index contributed by atoms with van der Waals surface area (Å²) in [5.74, 6) is 0.710. The lowest BCUT2D eigenvalue weighted by Gasteiger charge is -2.21. The molecule has 1 aromatic heterocycles. The van der Waals surface area contributed by atoms with E-state index in [9.17, 15) is 0 Å². The van der Waals surface area contributed by atoms with Crippen molar-refractivity contribution < 1.29 is 4.74 Å². The Morgan fingerprint density at radius 2 is 2.07 bits per heavy atom. The minimum atomic E-state index is -0.226. The number of aromatic nitrogens is 1. The van der Waals surface area contributed by atoms with Gasteiger partial charge in [0.05, 0.1) is 6.20 Å². The highest BCUT2D eigenvalue weighted by Crippen LogP contribution is 2.19. The third kappa shape index (κ3) is 3.09. The Morgan fingerprint density at radius 3 is 2.57 bits per heavy atom. The number of hydrogen-bond donors (Lipinski definition) is 1. The van der Waals surface area contributed by atoms with Crippen molar-refractivity contribution in [2.24, 2.45) is 5.73 Å². The van der Waals surface area contributed by atoms with Crippen LogP contribution < -0.4 is 10.5 Å². The van der Waals surface area contributed by atoms with Gasteiger partial charge in [-0.25, -0.2) is 0 Å². The molecule has 76 valence electrons. The molecule has 1 heterocycles. The molecular formula is C11H16N2O. The third-order valence-corrected chi connectivity index (χ3v) is 1.51. The van der Waals surface area contributed by atoms with E-state index in [1.165, 1.54) is 0 Å². The molecule has 1 rings (SSSR count). The Morgan fingerprint density at radius 1 is 1.43 bits per heavy atom. The van der Waals surface area contributed by atoms with Gasteiger partial charge in [0.25, 0.3) is 0 Å². The van der Waals surface area contributed by atoms with Crippen LogP contribution in [0.3, 0.4) is 0 Å². The summed E-state index contributed by atoms with van der Waals surface area (Å²) < 4.78 is 5.63. The van der Waals surface area contributed by atoms with Gasteiger partial charge in [-0.3, -0.25) is 4.98 Å². The van der Waals surface area contributed by atoms with Crippen molar-refractivity contribution in [3.63, 3.8) is 0 Å². The van der Waals surface area contributed by atoms with E-state index in [0.29, 0.717) is 11.4 Å². The van der Waals surface area contributed by atoms with Gasteiger partial charge in [0, 0.05) is 17.5 Å². The number of rotatable bonds is 2. The fourth-order valence-electron chi connectivity index (χ4n) is 1.00. The van der Waals surface area contributed by atoms with E-state index in [0.717, 1.165) is 5.56 Å². The summed E-state index contributed by atoms with van der Waals surface area (Å²) in [7, 11) is 0. The van der Waals surface area contributed by atoms with Crippen LogP contribution >= 0.6 is 0 Å². The second-order valence-electron chi connectivity index (χ2n) is 4.15. The number of ether oxygens (including phenoxy) is 1. The SMILES string of the molecule is C=C(N)c1cncc(OC(C)(C)C)c1. The van der Waals surface area contributed by atoms with Gasteiger partial charge in [-0.2, -0.15) is 0 Å². The number of pyridine rings is 1. The summed E-state index contributed by atoms with van der Waals surface area (Å²) in [4.78, 5) is 4.02. The molecule has 0 aromatic carbocycles. The molecule has 0 aliphatic carbocycles. The quantitative estimate of drug-likeness (QED) is 0.781. The Bertz CT molecular complexity index is 339. The topological polar surface area (TPSA) is 48.1 Å². The van der Waals surface area contributed by atoms with Gasteiger partial charge in [-0.05, 0) is 26.8 Å². The molecule has 2 N–H and O–H groups in total. The van der Waals surface area contributed by atoms with Crippen molar-refractivity contribution in [2.75, 3.05) is 0 Å². The normalized spacial score (nSPS) is 11.1. The molecule has 3 nitrogen and oxygen atoms in total. The summed E-state index contributed by atoms with van der Waals surface area (Å²) >= 11 is 0. The average molecular weight is 192 g/mol. The highest BCUT2D eigenvalue weighted by molar-refractivity contribution is 5.60. The van der Waals surface area contributed by atoms with E-state index >= 15 is 0 Å². The fraction of sp³-hybridized carbons (Fsp3) is 0.364. The van der Waals surface area contributed by atoms with Crippen LogP contribution in [0.5, 0.6) is 5.75 Å². The Labute approximate surface area is 84.6 Å². The first-order valence-electron chi connectivity index (χ1n) is 4.47. The maximum Gasteiger partial charge on any atom is 0.139 e. The van der Waals surface area contributed by atoms with Crippen LogP contribution in [-0.2, 0) is 0 Å². The molecule has 0 amide bonds. The first kappa shape index (κ1) is 10.6. The summed E-state index contributed by atoms with van der Waals surface area (Å²) in [5, 5.41) is 0. The van der Waals surface area contributed by atoms with Crippen LogP contribution in [0, 0.1) is 0 Å². The molecule has 0 fully saturated rings. The van der Waals surface area contributed by atoms with Gasteiger partial charge in [0.2, 0.25) is 0 Å². The van der Waals surface area contributed by atoms with Crippen molar-refractivity contribution in [2.45, 2.75) is 26.4 Å². The summed E-state index contributed by atoms with van der Waals surface area (Å²) in [6, 6.07) is 1.83. The average Bonchev–Trinajstić information content (AvgIpc) is 2.01. The van der Waals surface area contributed by atoms with Gasteiger partial charge < -0.3 is 10.5 Å². The molecule has 0 spiro atoms. The second-order valence-corrected chi connectivity index (χ2v) is 4.15. The number of nitrogens with two attached hydrogens (primary N) is 1. The van der Waals surface area contributed by atoms with Crippen LogP contribution in [0.1, 0.15) is 26.3 Å².